The van der Waals surface area contributed by atoms with Gasteiger partial charge in [-0.05, 0) is 54.8 Å². The number of nitrogens with zero attached hydrogens (tertiary/aromatic N) is 1. The van der Waals surface area contributed by atoms with Gasteiger partial charge < -0.3 is 5.32 Å². The molecule has 4 heteroatoms. The Kier molecular flexibility index (Phi) is 4.53. The summed E-state index contributed by atoms with van der Waals surface area (Å²) in [6, 6.07) is 13.9. The lowest BCUT2D eigenvalue weighted by atomic mass is 10.0. The fourth-order valence-electron chi connectivity index (χ4n) is 2.37. The van der Waals surface area contributed by atoms with E-state index in [1.165, 1.54) is 11.1 Å². The van der Waals surface area contributed by atoms with Crippen molar-refractivity contribution in [1.82, 2.24) is 4.98 Å². The first-order chi connectivity index (χ1) is 11.1. The third kappa shape index (κ3) is 3.85. The van der Waals surface area contributed by atoms with Crippen LogP contribution in [0.25, 0.3) is 10.6 Å². The Labute approximate surface area is 140 Å². The molecular weight excluding hydrogens is 304 g/mol. The lowest BCUT2D eigenvalue weighted by Gasteiger charge is -2.07. The Morgan fingerprint density at radius 1 is 1.09 bits per heavy atom. The lowest BCUT2D eigenvalue weighted by molar-refractivity contribution is -0.115. The van der Waals surface area contributed by atoms with Gasteiger partial charge in [-0.2, -0.15) is 0 Å². The molecule has 0 saturated heterocycles. The first kappa shape index (κ1) is 15.4. The molecule has 0 spiro atoms. The molecule has 1 N–H and O–H groups in total. The van der Waals surface area contributed by atoms with Crippen LogP contribution in [-0.2, 0) is 11.2 Å². The second-order valence-electron chi connectivity index (χ2n) is 5.56. The van der Waals surface area contributed by atoms with E-state index in [1.54, 1.807) is 17.5 Å². The highest BCUT2D eigenvalue weighted by atomic mass is 32.1. The zero-order chi connectivity index (χ0) is 16.2. The van der Waals surface area contributed by atoms with Gasteiger partial charge >= 0.3 is 0 Å². The Balaban J connectivity index is 1.64. The van der Waals surface area contributed by atoms with Crippen molar-refractivity contribution >= 4 is 22.9 Å². The van der Waals surface area contributed by atoms with Crippen molar-refractivity contribution in [3.05, 3.63) is 70.7 Å². The molecule has 1 amide bonds. The number of carbonyl (C=O) groups excluding carboxylic acids is 1. The average Bonchev–Trinajstić information content (AvgIpc) is 3.06. The van der Waals surface area contributed by atoms with Crippen molar-refractivity contribution < 1.29 is 4.79 Å². The van der Waals surface area contributed by atoms with E-state index < -0.39 is 0 Å². The Morgan fingerprint density at radius 3 is 2.52 bits per heavy atom. The number of benzene rings is 2. The van der Waals surface area contributed by atoms with Crippen LogP contribution in [-0.4, -0.2) is 10.9 Å². The fraction of sp³-hybridized carbons (Fsp3) is 0.158. The zero-order valence-electron chi connectivity index (χ0n) is 13.2. The zero-order valence-corrected chi connectivity index (χ0v) is 14.0. The molecule has 1 aromatic heterocycles. The molecule has 0 unspecified atom stereocenters. The fourth-order valence-corrected chi connectivity index (χ4v) is 3.01. The van der Waals surface area contributed by atoms with E-state index >= 15 is 0 Å². The number of aryl methyl sites for hydroxylation is 2. The summed E-state index contributed by atoms with van der Waals surface area (Å²) in [7, 11) is 0. The maximum atomic E-state index is 12.2. The van der Waals surface area contributed by atoms with Gasteiger partial charge in [-0.15, -0.1) is 11.3 Å². The predicted octanol–water partition coefficient (Wildman–Crippen LogP) is 4.61. The van der Waals surface area contributed by atoms with Crippen molar-refractivity contribution in [3.8, 4) is 10.6 Å². The SMILES string of the molecule is Cc1ccc(CC(=O)Nc2ccc(-c3nccs3)cc2)cc1C. The largest absolute Gasteiger partial charge is 0.326 e. The number of carbonyl (C=O) groups is 1. The molecule has 0 aliphatic carbocycles. The minimum Gasteiger partial charge on any atom is -0.326 e. The monoisotopic (exact) mass is 322 g/mol. The van der Waals surface area contributed by atoms with Crippen LogP contribution in [0.3, 0.4) is 0 Å². The predicted molar refractivity (Wildman–Crippen MR) is 95.8 cm³/mol. The van der Waals surface area contributed by atoms with Crippen LogP contribution >= 0.6 is 11.3 Å². The van der Waals surface area contributed by atoms with Gasteiger partial charge in [0, 0.05) is 22.8 Å². The van der Waals surface area contributed by atoms with Crippen LogP contribution in [0.2, 0.25) is 0 Å². The number of aromatic nitrogens is 1. The van der Waals surface area contributed by atoms with Gasteiger partial charge in [0.05, 0.1) is 6.42 Å². The molecular formula is C19H18N2OS. The molecule has 0 atom stereocenters. The summed E-state index contributed by atoms with van der Waals surface area (Å²) in [4.78, 5) is 16.4. The molecule has 3 rings (SSSR count). The molecule has 2 aromatic carbocycles. The standard InChI is InChI=1S/C19H18N2OS/c1-13-3-4-15(11-14(13)2)12-18(22)21-17-7-5-16(6-8-17)19-20-9-10-23-19/h3-11H,12H2,1-2H3,(H,21,22). The second kappa shape index (κ2) is 6.75. The summed E-state index contributed by atoms with van der Waals surface area (Å²) in [5.74, 6) is -0.00440. The first-order valence-electron chi connectivity index (χ1n) is 7.48. The second-order valence-corrected chi connectivity index (χ2v) is 6.45. The van der Waals surface area contributed by atoms with E-state index in [-0.39, 0.29) is 5.91 Å². The molecule has 0 radical (unpaired) electrons. The average molecular weight is 322 g/mol. The number of thiazole rings is 1. The number of amides is 1. The van der Waals surface area contributed by atoms with Crippen LogP contribution in [0.4, 0.5) is 5.69 Å². The van der Waals surface area contributed by atoms with E-state index in [1.807, 2.05) is 35.7 Å². The minimum atomic E-state index is -0.00440. The molecule has 23 heavy (non-hydrogen) atoms. The highest BCUT2D eigenvalue weighted by Gasteiger charge is 2.06. The van der Waals surface area contributed by atoms with Crippen molar-refractivity contribution in [2.75, 3.05) is 5.32 Å². The molecule has 0 aliphatic heterocycles. The van der Waals surface area contributed by atoms with Gasteiger partial charge in [0.1, 0.15) is 5.01 Å². The molecule has 0 fully saturated rings. The van der Waals surface area contributed by atoms with Gasteiger partial charge in [-0.3, -0.25) is 4.79 Å². The van der Waals surface area contributed by atoms with E-state index in [9.17, 15) is 4.79 Å². The van der Waals surface area contributed by atoms with Crippen molar-refractivity contribution in [2.24, 2.45) is 0 Å². The molecule has 0 saturated carbocycles. The summed E-state index contributed by atoms with van der Waals surface area (Å²) in [5, 5.41) is 5.88. The van der Waals surface area contributed by atoms with E-state index in [0.717, 1.165) is 21.8 Å². The van der Waals surface area contributed by atoms with Gasteiger partial charge in [0.25, 0.3) is 0 Å². The van der Waals surface area contributed by atoms with Gasteiger partial charge in [0.2, 0.25) is 5.91 Å². The molecule has 0 bridgehead atoms. The van der Waals surface area contributed by atoms with Gasteiger partial charge in [0.15, 0.2) is 0 Å². The molecule has 3 aromatic rings. The summed E-state index contributed by atoms with van der Waals surface area (Å²) in [6.45, 7) is 4.14. The Morgan fingerprint density at radius 2 is 1.87 bits per heavy atom. The van der Waals surface area contributed by atoms with Crippen LogP contribution in [0.1, 0.15) is 16.7 Å². The molecule has 116 valence electrons. The quantitative estimate of drug-likeness (QED) is 0.762. The lowest BCUT2D eigenvalue weighted by Crippen LogP contribution is -2.14. The van der Waals surface area contributed by atoms with Crippen molar-refractivity contribution in [2.45, 2.75) is 20.3 Å². The topological polar surface area (TPSA) is 42.0 Å². The summed E-state index contributed by atoms with van der Waals surface area (Å²) >= 11 is 1.60. The number of anilines is 1. The summed E-state index contributed by atoms with van der Waals surface area (Å²) < 4.78 is 0. The third-order valence-corrected chi connectivity index (χ3v) is 4.61. The maximum absolute atomic E-state index is 12.2. The van der Waals surface area contributed by atoms with Gasteiger partial charge in [-0.25, -0.2) is 4.98 Å². The van der Waals surface area contributed by atoms with E-state index in [0.29, 0.717) is 6.42 Å². The van der Waals surface area contributed by atoms with Crippen LogP contribution in [0.15, 0.2) is 54.0 Å². The minimum absolute atomic E-state index is 0.00440. The molecule has 0 aliphatic rings. The van der Waals surface area contributed by atoms with Gasteiger partial charge in [-0.1, -0.05) is 18.2 Å². The number of hydrogen-bond donors (Lipinski definition) is 1. The normalized spacial score (nSPS) is 10.5. The van der Waals surface area contributed by atoms with Crippen LogP contribution in [0, 0.1) is 13.8 Å². The third-order valence-electron chi connectivity index (χ3n) is 3.78. The number of rotatable bonds is 4. The highest BCUT2D eigenvalue weighted by molar-refractivity contribution is 7.13. The number of hydrogen-bond acceptors (Lipinski definition) is 3. The molecule has 3 nitrogen and oxygen atoms in total. The van der Waals surface area contributed by atoms with Crippen molar-refractivity contribution in [3.63, 3.8) is 0 Å². The smallest absolute Gasteiger partial charge is 0.228 e. The Hall–Kier alpha value is -2.46. The van der Waals surface area contributed by atoms with E-state index in [2.05, 4.69) is 36.3 Å². The first-order valence-corrected chi connectivity index (χ1v) is 8.36. The van der Waals surface area contributed by atoms with Crippen LogP contribution < -0.4 is 5.32 Å². The van der Waals surface area contributed by atoms with E-state index in [4.69, 9.17) is 0 Å². The summed E-state index contributed by atoms with van der Waals surface area (Å²) in [5.41, 5.74) is 5.35. The van der Waals surface area contributed by atoms with Crippen LogP contribution in [0.5, 0.6) is 0 Å². The highest BCUT2D eigenvalue weighted by Crippen LogP contribution is 2.23. The maximum Gasteiger partial charge on any atom is 0.228 e. The number of nitrogens with one attached hydrogen (secondary N) is 1. The summed E-state index contributed by atoms with van der Waals surface area (Å²) in [6.07, 6.45) is 2.18. The van der Waals surface area contributed by atoms with Crippen molar-refractivity contribution in [1.29, 1.82) is 0 Å². The Bertz CT molecular complexity index is 808. The molecule has 1 heterocycles.